The summed E-state index contributed by atoms with van der Waals surface area (Å²) in [5.74, 6) is -4.99. The van der Waals surface area contributed by atoms with Gasteiger partial charge in [0.1, 0.15) is 42.0 Å². The lowest BCUT2D eigenvalue weighted by molar-refractivity contribution is -0.135. The van der Waals surface area contributed by atoms with E-state index in [1.54, 1.807) is 26.0 Å². The zero-order valence-corrected chi connectivity index (χ0v) is 29.4. The molecule has 52 heavy (non-hydrogen) atoms. The van der Waals surface area contributed by atoms with E-state index in [-0.39, 0.29) is 25.3 Å². The topological polar surface area (TPSA) is 273 Å². The first kappa shape index (κ1) is 41.3. The van der Waals surface area contributed by atoms with Crippen molar-refractivity contribution in [2.24, 2.45) is 11.7 Å². The molecular weight excluding hydrogens is 676 g/mol. The Morgan fingerprint density at radius 2 is 1.40 bits per heavy atom. The van der Waals surface area contributed by atoms with Crippen LogP contribution in [0.25, 0.3) is 0 Å². The zero-order chi connectivity index (χ0) is 38.4. The van der Waals surface area contributed by atoms with Crippen LogP contribution >= 0.6 is 0 Å². The van der Waals surface area contributed by atoms with Gasteiger partial charge in [-0.15, -0.1) is 0 Å². The Morgan fingerprint density at radius 3 is 2.02 bits per heavy atom. The van der Waals surface area contributed by atoms with E-state index in [0.29, 0.717) is 12.0 Å². The first-order valence-corrected chi connectivity index (χ1v) is 17.0. The molecule has 284 valence electrons. The number of carbonyl (C=O) groups excluding carboxylic acids is 6. The van der Waals surface area contributed by atoms with Gasteiger partial charge in [-0.05, 0) is 42.5 Å². The number of aliphatic hydroxyl groups is 2. The molecule has 3 rings (SSSR count). The van der Waals surface area contributed by atoms with Gasteiger partial charge in [0.05, 0.1) is 13.2 Å². The van der Waals surface area contributed by atoms with Crippen molar-refractivity contribution in [3.63, 3.8) is 0 Å². The van der Waals surface area contributed by atoms with Crippen LogP contribution in [0.3, 0.4) is 0 Å². The lowest BCUT2D eigenvalue weighted by atomic mass is 10.0. The van der Waals surface area contributed by atoms with E-state index in [2.05, 4.69) is 37.2 Å². The molecule has 7 atom stereocenters. The van der Waals surface area contributed by atoms with Crippen LogP contribution in [0.5, 0.6) is 5.75 Å². The van der Waals surface area contributed by atoms with Crippen LogP contribution in [0, 0.1) is 5.92 Å². The van der Waals surface area contributed by atoms with Crippen LogP contribution in [-0.4, -0.2) is 119 Å². The number of amides is 6. The summed E-state index contributed by atoms with van der Waals surface area (Å²) in [6.45, 7) is 3.12. The van der Waals surface area contributed by atoms with Gasteiger partial charge in [-0.1, -0.05) is 56.3 Å². The Balaban J connectivity index is 1.95. The predicted octanol–water partition coefficient (Wildman–Crippen LogP) is -3.32. The molecule has 1 aliphatic rings. The van der Waals surface area contributed by atoms with Crippen LogP contribution in [0.1, 0.15) is 31.9 Å². The number of nitrogens with two attached hydrogens (primary N) is 1. The molecule has 1 fully saturated rings. The van der Waals surface area contributed by atoms with Gasteiger partial charge < -0.3 is 58.3 Å². The molecule has 12 N–H and O–H groups in total. The molecule has 17 heteroatoms. The predicted molar refractivity (Wildman–Crippen MR) is 189 cm³/mol. The number of nitrogens with one attached hydrogen (secondary N) is 7. The molecule has 0 saturated carbocycles. The van der Waals surface area contributed by atoms with Crippen molar-refractivity contribution in [3.8, 4) is 5.75 Å². The summed E-state index contributed by atoms with van der Waals surface area (Å²) in [7, 11) is 0. The van der Waals surface area contributed by atoms with Gasteiger partial charge >= 0.3 is 0 Å². The number of hydrogen-bond donors (Lipinski definition) is 11. The van der Waals surface area contributed by atoms with E-state index >= 15 is 0 Å². The first-order valence-electron chi connectivity index (χ1n) is 17.0. The number of benzene rings is 2. The van der Waals surface area contributed by atoms with Crippen molar-refractivity contribution in [3.05, 3.63) is 65.7 Å². The number of aromatic hydroxyl groups is 1. The van der Waals surface area contributed by atoms with Crippen LogP contribution in [0.2, 0.25) is 0 Å². The summed E-state index contributed by atoms with van der Waals surface area (Å²) >= 11 is 0. The fraction of sp³-hybridized carbons (Fsp3) is 0.486. The van der Waals surface area contributed by atoms with Crippen molar-refractivity contribution in [2.45, 2.75) is 75.9 Å². The van der Waals surface area contributed by atoms with Crippen LogP contribution < -0.4 is 43.0 Å². The molecular formula is C35H50N8O9. The minimum absolute atomic E-state index is 0.00671. The highest BCUT2D eigenvalue weighted by Crippen LogP contribution is 2.13. The van der Waals surface area contributed by atoms with Crippen molar-refractivity contribution in [1.82, 2.24) is 37.2 Å². The number of phenolic OH excluding ortho intramolecular Hbond substituents is 1. The minimum atomic E-state index is -1.49. The molecule has 17 nitrogen and oxygen atoms in total. The van der Waals surface area contributed by atoms with Crippen LogP contribution in [-0.2, 0) is 41.6 Å². The second-order valence-corrected chi connectivity index (χ2v) is 13.0. The van der Waals surface area contributed by atoms with Crippen molar-refractivity contribution >= 4 is 35.4 Å². The van der Waals surface area contributed by atoms with Gasteiger partial charge in [0.2, 0.25) is 35.4 Å². The second kappa shape index (κ2) is 20.1. The summed E-state index contributed by atoms with van der Waals surface area (Å²) < 4.78 is 0. The Labute approximate surface area is 301 Å². The number of carbonyl (C=O) groups is 6. The Hall–Kier alpha value is -5.10. The highest BCUT2D eigenvalue weighted by Gasteiger charge is 2.33. The molecule has 6 amide bonds. The summed E-state index contributed by atoms with van der Waals surface area (Å²) in [6, 6.07) is 7.12. The maximum absolute atomic E-state index is 13.9. The lowest BCUT2D eigenvalue weighted by Crippen LogP contribution is -2.62. The van der Waals surface area contributed by atoms with E-state index in [0.717, 1.165) is 5.56 Å². The summed E-state index contributed by atoms with van der Waals surface area (Å²) in [4.78, 5) is 79.7. The summed E-state index contributed by atoms with van der Waals surface area (Å²) in [5.41, 5.74) is 7.10. The van der Waals surface area contributed by atoms with Crippen LogP contribution in [0.15, 0.2) is 54.6 Å². The molecule has 2 aromatic rings. The maximum Gasteiger partial charge on any atom is 0.245 e. The van der Waals surface area contributed by atoms with E-state index in [4.69, 9.17) is 5.73 Å². The minimum Gasteiger partial charge on any atom is -0.508 e. The van der Waals surface area contributed by atoms with E-state index in [1.165, 1.54) is 19.1 Å². The largest absolute Gasteiger partial charge is 0.508 e. The average molecular weight is 727 g/mol. The highest BCUT2D eigenvalue weighted by atomic mass is 16.3. The molecule has 0 unspecified atom stereocenters. The molecule has 0 aromatic heterocycles. The van der Waals surface area contributed by atoms with Gasteiger partial charge in [0.15, 0.2) is 0 Å². The first-order chi connectivity index (χ1) is 24.7. The monoisotopic (exact) mass is 726 g/mol. The summed E-state index contributed by atoms with van der Waals surface area (Å²) in [6.07, 6.45) is 0.342. The number of phenols is 1. The molecule has 0 bridgehead atoms. The van der Waals surface area contributed by atoms with Crippen molar-refractivity contribution < 1.29 is 44.1 Å². The Morgan fingerprint density at radius 1 is 0.788 bits per heavy atom. The average Bonchev–Trinajstić information content (AvgIpc) is 3.11. The third-order valence-electron chi connectivity index (χ3n) is 8.40. The van der Waals surface area contributed by atoms with E-state index < -0.39 is 96.9 Å². The van der Waals surface area contributed by atoms with E-state index in [9.17, 15) is 44.1 Å². The third-order valence-corrected chi connectivity index (χ3v) is 8.40. The quantitative estimate of drug-likeness (QED) is 0.109. The highest BCUT2D eigenvalue weighted by molar-refractivity contribution is 5.96. The van der Waals surface area contributed by atoms with Gasteiger partial charge in [-0.25, -0.2) is 0 Å². The lowest BCUT2D eigenvalue weighted by Gasteiger charge is -2.29. The second-order valence-electron chi connectivity index (χ2n) is 13.0. The number of aliphatic hydroxyl groups excluding tert-OH is 2. The van der Waals surface area contributed by atoms with Crippen molar-refractivity contribution in [2.75, 3.05) is 26.3 Å². The molecule has 0 aliphatic carbocycles. The molecule has 0 spiro atoms. The standard InChI is InChI=1S/C35H50N8O9/c1-19(2)29(43-31(48)25(36)17-44)35(52)41-27-16-37-15-23(13-21-7-5-4-6-8-21)39-32(49)26(14-22-9-11-24(46)12-10-22)40-34(51)28(18-45)42-30(47)20(3)38-33(27)50/h4-12,19-20,23,25-29,37,44-46H,13-18,36H2,1-3H3,(H,38,50)(H,39,49)(H,40,51)(H,41,52)(H,42,47)(H,43,48)/t20-,23+,25-,26-,27-,28-,29-/m0/s1. The van der Waals surface area contributed by atoms with Gasteiger partial charge in [-0.2, -0.15) is 0 Å². The number of rotatable bonds is 11. The molecule has 2 aromatic carbocycles. The van der Waals surface area contributed by atoms with Gasteiger partial charge in [-0.3, -0.25) is 28.8 Å². The molecule has 1 saturated heterocycles. The molecule has 0 radical (unpaired) electrons. The molecule has 1 heterocycles. The normalized spacial score (nSPS) is 23.3. The fourth-order valence-electron chi connectivity index (χ4n) is 5.35. The van der Waals surface area contributed by atoms with Gasteiger partial charge in [0, 0.05) is 25.6 Å². The maximum atomic E-state index is 13.9. The smallest absolute Gasteiger partial charge is 0.245 e. The van der Waals surface area contributed by atoms with E-state index in [1.807, 2.05) is 30.3 Å². The zero-order valence-electron chi connectivity index (χ0n) is 29.4. The van der Waals surface area contributed by atoms with Crippen LogP contribution in [0.4, 0.5) is 0 Å². The molecule has 1 aliphatic heterocycles. The number of hydrogen-bond acceptors (Lipinski definition) is 11. The fourth-order valence-corrected chi connectivity index (χ4v) is 5.35. The third kappa shape index (κ3) is 12.6. The summed E-state index contributed by atoms with van der Waals surface area (Å²) in [5, 5.41) is 47.7. The Kier molecular flexibility index (Phi) is 15.9. The van der Waals surface area contributed by atoms with Gasteiger partial charge in [0.25, 0.3) is 0 Å². The Bertz CT molecular complexity index is 1530. The van der Waals surface area contributed by atoms with Crippen molar-refractivity contribution in [1.29, 1.82) is 0 Å². The SMILES string of the molecule is CC(C)[C@H](NC(=O)[C@@H](N)CO)C(=O)N[C@H]1CNC[C@@H](Cc2ccccc2)NC(=O)[C@H](Cc2ccc(O)cc2)NC(=O)[C@H](CO)NC(=O)[C@H](C)NC1=O.